The zero-order chi connectivity index (χ0) is 13.3. The van der Waals surface area contributed by atoms with Gasteiger partial charge in [-0.05, 0) is 13.0 Å². The van der Waals surface area contributed by atoms with Gasteiger partial charge in [-0.2, -0.15) is 8.78 Å². The van der Waals surface area contributed by atoms with Gasteiger partial charge in [0.25, 0.3) is 0 Å². The standard InChI is InChI=1S/C10H19F4NO2/c1-3-4-15-5-8(6-16-2)17-7-10(13,14)9(11)12/h8-9,15H,3-7H2,1-2H3. The summed E-state index contributed by atoms with van der Waals surface area (Å²) in [6.45, 7) is 1.72. The molecular weight excluding hydrogens is 242 g/mol. The predicted molar refractivity (Wildman–Crippen MR) is 55.7 cm³/mol. The molecule has 0 aliphatic carbocycles. The van der Waals surface area contributed by atoms with E-state index in [-0.39, 0.29) is 6.61 Å². The summed E-state index contributed by atoms with van der Waals surface area (Å²) in [5, 5.41) is 2.95. The van der Waals surface area contributed by atoms with Gasteiger partial charge >= 0.3 is 12.3 Å². The number of hydrogen-bond donors (Lipinski definition) is 1. The van der Waals surface area contributed by atoms with Gasteiger partial charge in [-0.3, -0.25) is 0 Å². The first-order valence-corrected chi connectivity index (χ1v) is 5.41. The van der Waals surface area contributed by atoms with Crippen LogP contribution in [-0.2, 0) is 9.47 Å². The van der Waals surface area contributed by atoms with Gasteiger partial charge in [-0.25, -0.2) is 8.78 Å². The fourth-order valence-corrected chi connectivity index (χ4v) is 1.08. The lowest BCUT2D eigenvalue weighted by Gasteiger charge is -2.21. The lowest BCUT2D eigenvalue weighted by atomic mass is 10.3. The molecule has 0 aliphatic rings. The summed E-state index contributed by atoms with van der Waals surface area (Å²) < 4.78 is 58.5. The van der Waals surface area contributed by atoms with E-state index in [1.165, 1.54) is 7.11 Å². The van der Waals surface area contributed by atoms with Gasteiger partial charge in [0, 0.05) is 13.7 Å². The molecule has 0 aromatic carbocycles. The van der Waals surface area contributed by atoms with Crippen molar-refractivity contribution < 1.29 is 27.0 Å². The van der Waals surface area contributed by atoms with Gasteiger partial charge in [0.05, 0.1) is 12.7 Å². The second-order valence-corrected chi connectivity index (χ2v) is 3.65. The molecule has 17 heavy (non-hydrogen) atoms. The summed E-state index contributed by atoms with van der Waals surface area (Å²) >= 11 is 0. The van der Waals surface area contributed by atoms with Crippen LogP contribution < -0.4 is 5.32 Å². The Hall–Kier alpha value is -0.400. The average Bonchev–Trinajstić information content (AvgIpc) is 2.26. The van der Waals surface area contributed by atoms with Crippen molar-refractivity contribution in [3.05, 3.63) is 0 Å². The Morgan fingerprint density at radius 2 is 1.94 bits per heavy atom. The van der Waals surface area contributed by atoms with Crippen molar-refractivity contribution in [3.8, 4) is 0 Å². The molecule has 1 unspecified atom stereocenters. The zero-order valence-electron chi connectivity index (χ0n) is 10.0. The van der Waals surface area contributed by atoms with Gasteiger partial charge in [0.15, 0.2) is 0 Å². The molecule has 1 N–H and O–H groups in total. The number of methoxy groups -OCH3 is 1. The third kappa shape index (κ3) is 7.51. The zero-order valence-corrected chi connectivity index (χ0v) is 10.0. The third-order valence-corrected chi connectivity index (χ3v) is 1.98. The van der Waals surface area contributed by atoms with Gasteiger partial charge in [0.2, 0.25) is 0 Å². The SMILES string of the molecule is CCCNCC(COC)OCC(F)(F)C(F)F. The molecule has 0 saturated carbocycles. The molecule has 7 heteroatoms. The molecule has 0 rings (SSSR count). The maximum Gasteiger partial charge on any atom is 0.330 e. The van der Waals surface area contributed by atoms with Gasteiger partial charge in [-0.1, -0.05) is 6.92 Å². The third-order valence-electron chi connectivity index (χ3n) is 1.98. The van der Waals surface area contributed by atoms with Crippen molar-refractivity contribution in [1.82, 2.24) is 5.32 Å². The second kappa shape index (κ2) is 8.66. The topological polar surface area (TPSA) is 30.5 Å². The van der Waals surface area contributed by atoms with Crippen molar-refractivity contribution in [2.45, 2.75) is 31.8 Å². The quantitative estimate of drug-likeness (QED) is 0.481. The van der Waals surface area contributed by atoms with E-state index in [9.17, 15) is 17.6 Å². The summed E-state index contributed by atoms with van der Waals surface area (Å²) in [5.74, 6) is -4.11. The Bertz CT molecular complexity index is 193. The Morgan fingerprint density at radius 1 is 1.29 bits per heavy atom. The van der Waals surface area contributed by atoms with Crippen LogP contribution in [0.3, 0.4) is 0 Å². The van der Waals surface area contributed by atoms with Crippen molar-refractivity contribution in [3.63, 3.8) is 0 Å². The number of hydrogen-bond acceptors (Lipinski definition) is 3. The highest BCUT2D eigenvalue weighted by Gasteiger charge is 2.41. The van der Waals surface area contributed by atoms with Crippen LogP contribution in [-0.4, -0.2) is 51.9 Å². The molecule has 0 amide bonds. The van der Waals surface area contributed by atoms with Crippen LogP contribution in [0.15, 0.2) is 0 Å². The van der Waals surface area contributed by atoms with Crippen molar-refractivity contribution in [1.29, 1.82) is 0 Å². The van der Waals surface area contributed by atoms with E-state index >= 15 is 0 Å². The number of nitrogens with one attached hydrogen (secondary N) is 1. The van der Waals surface area contributed by atoms with Gasteiger partial charge in [0.1, 0.15) is 6.61 Å². The molecule has 1 atom stereocenters. The minimum absolute atomic E-state index is 0.0794. The van der Waals surface area contributed by atoms with E-state index in [4.69, 9.17) is 9.47 Å². The first kappa shape index (κ1) is 16.6. The summed E-state index contributed by atoms with van der Waals surface area (Å²) in [4.78, 5) is 0. The summed E-state index contributed by atoms with van der Waals surface area (Å²) in [6.07, 6.45) is -3.49. The molecule has 0 bridgehead atoms. The molecular formula is C10H19F4NO2. The van der Waals surface area contributed by atoms with Crippen molar-refractivity contribution in [2.75, 3.05) is 33.4 Å². The van der Waals surface area contributed by atoms with Gasteiger partial charge < -0.3 is 14.8 Å². The molecule has 0 spiro atoms. The van der Waals surface area contributed by atoms with E-state index in [1.54, 1.807) is 0 Å². The van der Waals surface area contributed by atoms with E-state index in [1.807, 2.05) is 6.92 Å². The van der Waals surface area contributed by atoms with Crippen LogP contribution in [0, 0.1) is 0 Å². The fourth-order valence-electron chi connectivity index (χ4n) is 1.08. The van der Waals surface area contributed by atoms with Crippen LogP contribution in [0.5, 0.6) is 0 Å². The van der Waals surface area contributed by atoms with Crippen LogP contribution >= 0.6 is 0 Å². The first-order chi connectivity index (χ1) is 7.94. The minimum Gasteiger partial charge on any atom is -0.382 e. The van der Waals surface area contributed by atoms with Crippen molar-refractivity contribution in [2.24, 2.45) is 0 Å². The van der Waals surface area contributed by atoms with Crippen LogP contribution in [0.1, 0.15) is 13.3 Å². The molecule has 0 aromatic rings. The number of rotatable bonds is 10. The predicted octanol–water partition coefficient (Wildman–Crippen LogP) is 1.92. The van der Waals surface area contributed by atoms with Crippen molar-refractivity contribution >= 4 is 0 Å². The van der Waals surface area contributed by atoms with E-state index in [0.29, 0.717) is 13.1 Å². The highest BCUT2D eigenvalue weighted by atomic mass is 19.3. The maximum atomic E-state index is 12.6. The molecule has 0 heterocycles. The van der Waals surface area contributed by atoms with Crippen LogP contribution in [0.25, 0.3) is 0 Å². The Balaban J connectivity index is 3.98. The smallest absolute Gasteiger partial charge is 0.330 e. The fraction of sp³-hybridized carbons (Fsp3) is 1.00. The van der Waals surface area contributed by atoms with E-state index < -0.39 is 25.1 Å². The minimum atomic E-state index is -4.11. The van der Waals surface area contributed by atoms with Crippen LogP contribution in [0.2, 0.25) is 0 Å². The normalized spacial score (nSPS) is 14.3. The maximum absolute atomic E-state index is 12.6. The monoisotopic (exact) mass is 261 g/mol. The number of halogens is 4. The summed E-state index contributed by atoms with van der Waals surface area (Å²) in [7, 11) is 1.39. The summed E-state index contributed by atoms with van der Waals surface area (Å²) in [5.41, 5.74) is 0. The molecule has 0 saturated heterocycles. The molecule has 0 aliphatic heterocycles. The average molecular weight is 261 g/mol. The highest BCUT2D eigenvalue weighted by Crippen LogP contribution is 2.23. The second-order valence-electron chi connectivity index (χ2n) is 3.65. The number of ether oxygens (including phenoxy) is 2. The lowest BCUT2D eigenvalue weighted by Crippen LogP contribution is -2.39. The molecule has 0 radical (unpaired) electrons. The Labute approximate surface area is 98.5 Å². The van der Waals surface area contributed by atoms with E-state index in [2.05, 4.69) is 5.32 Å². The van der Waals surface area contributed by atoms with E-state index in [0.717, 1.165) is 6.42 Å². The molecule has 0 aromatic heterocycles. The largest absolute Gasteiger partial charge is 0.382 e. The molecule has 3 nitrogen and oxygen atoms in total. The van der Waals surface area contributed by atoms with Crippen LogP contribution in [0.4, 0.5) is 17.6 Å². The molecule has 0 fully saturated rings. The summed E-state index contributed by atoms with van der Waals surface area (Å²) in [6, 6.07) is 0. The lowest BCUT2D eigenvalue weighted by molar-refractivity contribution is -0.179. The van der Waals surface area contributed by atoms with Gasteiger partial charge in [-0.15, -0.1) is 0 Å². The first-order valence-electron chi connectivity index (χ1n) is 5.41. The Morgan fingerprint density at radius 3 is 2.41 bits per heavy atom. The Kier molecular flexibility index (Phi) is 8.45. The number of alkyl halides is 4. The highest BCUT2D eigenvalue weighted by molar-refractivity contribution is 4.70. The molecule has 104 valence electrons.